The number of carbonyl (C=O) groups excluding carboxylic acids is 1. The van der Waals surface area contributed by atoms with Crippen molar-refractivity contribution in [2.24, 2.45) is 5.10 Å². The lowest BCUT2D eigenvalue weighted by molar-refractivity contribution is 0.0839. The summed E-state index contributed by atoms with van der Waals surface area (Å²) in [5.74, 6) is -0.184. The van der Waals surface area contributed by atoms with Gasteiger partial charge in [0.05, 0.1) is 11.4 Å². The summed E-state index contributed by atoms with van der Waals surface area (Å²) >= 11 is 0. The van der Waals surface area contributed by atoms with Gasteiger partial charge in [-0.15, -0.1) is 0 Å². The second-order valence-electron chi connectivity index (χ2n) is 8.77. The van der Waals surface area contributed by atoms with Crippen molar-refractivity contribution in [1.29, 1.82) is 0 Å². The summed E-state index contributed by atoms with van der Waals surface area (Å²) in [6.07, 6.45) is 4.11. The molecule has 0 N–H and O–H groups in total. The quantitative estimate of drug-likeness (QED) is 0.325. The molecule has 1 aliphatic rings. The third kappa shape index (κ3) is 4.89. The number of amides is 1. The molecule has 0 aliphatic carbocycles. The Hall–Kier alpha value is -4.70. The Bertz CT molecular complexity index is 1440. The highest BCUT2D eigenvalue weighted by Gasteiger charge is 2.24. The van der Waals surface area contributed by atoms with Crippen molar-refractivity contribution in [3.8, 4) is 0 Å². The fraction of sp³-hybridized carbons (Fsp3) is 0.0625. The van der Waals surface area contributed by atoms with E-state index in [0.29, 0.717) is 11.3 Å². The van der Waals surface area contributed by atoms with Crippen LogP contribution in [0.5, 0.6) is 0 Å². The van der Waals surface area contributed by atoms with Gasteiger partial charge in [-0.25, -0.2) is 0 Å². The average Bonchev–Trinajstić information content (AvgIpc) is 3.15. The zero-order chi connectivity index (χ0) is 24.9. The normalized spacial score (nSPS) is 13.3. The maximum atomic E-state index is 13.8. The first-order valence-corrected chi connectivity index (χ1v) is 11.9. The minimum atomic E-state index is -0.184. The molecule has 0 fully saturated rings. The van der Waals surface area contributed by atoms with Crippen molar-refractivity contribution in [2.75, 3.05) is 19.0 Å². The summed E-state index contributed by atoms with van der Waals surface area (Å²) in [7, 11) is 4.06. The first-order chi connectivity index (χ1) is 17.6. The van der Waals surface area contributed by atoms with Crippen LogP contribution >= 0.6 is 0 Å². The van der Waals surface area contributed by atoms with E-state index in [1.807, 2.05) is 105 Å². The Morgan fingerprint density at radius 2 is 1.19 bits per heavy atom. The maximum Gasteiger partial charge on any atom is 0.278 e. The van der Waals surface area contributed by atoms with Crippen LogP contribution in [0.3, 0.4) is 0 Å². The van der Waals surface area contributed by atoms with Crippen molar-refractivity contribution in [3.63, 3.8) is 0 Å². The summed E-state index contributed by atoms with van der Waals surface area (Å²) in [6.45, 7) is 0. The highest BCUT2D eigenvalue weighted by Crippen LogP contribution is 2.31. The lowest BCUT2D eigenvalue weighted by atomic mass is 9.99. The van der Waals surface area contributed by atoms with E-state index >= 15 is 0 Å². The number of hydrogen-bond acceptors (Lipinski definition) is 3. The molecule has 0 radical (unpaired) electrons. The van der Waals surface area contributed by atoms with Gasteiger partial charge < -0.3 is 4.90 Å². The van der Waals surface area contributed by atoms with Crippen LogP contribution < -0.4 is 4.90 Å². The maximum absolute atomic E-state index is 13.8. The van der Waals surface area contributed by atoms with Crippen LogP contribution in [0.15, 0.2) is 133 Å². The second kappa shape index (κ2) is 10.3. The summed E-state index contributed by atoms with van der Waals surface area (Å²) in [6, 6.07) is 37.6. The van der Waals surface area contributed by atoms with Crippen LogP contribution in [0.25, 0.3) is 11.3 Å². The van der Waals surface area contributed by atoms with Gasteiger partial charge in [0.2, 0.25) is 0 Å². The van der Waals surface area contributed by atoms with Crippen LogP contribution in [-0.4, -0.2) is 30.7 Å². The summed E-state index contributed by atoms with van der Waals surface area (Å²) in [5.41, 5.74) is 7.01. The molecule has 4 nitrogen and oxygen atoms in total. The molecule has 4 heteroatoms. The van der Waals surface area contributed by atoms with E-state index in [4.69, 9.17) is 5.10 Å². The minimum Gasteiger partial charge on any atom is -0.378 e. The summed E-state index contributed by atoms with van der Waals surface area (Å²) in [5, 5.41) is 6.48. The number of carbonyl (C=O) groups is 1. The van der Waals surface area contributed by atoms with E-state index in [-0.39, 0.29) is 5.91 Å². The fourth-order valence-corrected chi connectivity index (χ4v) is 4.13. The molecule has 5 rings (SSSR count). The van der Waals surface area contributed by atoms with Gasteiger partial charge in [-0.2, -0.15) is 10.1 Å². The Labute approximate surface area is 212 Å². The van der Waals surface area contributed by atoms with E-state index < -0.39 is 0 Å². The fourth-order valence-electron chi connectivity index (χ4n) is 4.13. The summed E-state index contributed by atoms with van der Waals surface area (Å²) in [4.78, 5) is 15.9. The average molecular weight is 470 g/mol. The monoisotopic (exact) mass is 469 g/mol. The number of anilines is 1. The molecule has 4 aromatic rings. The molecule has 0 bridgehead atoms. The van der Waals surface area contributed by atoms with Gasteiger partial charge in [-0.1, -0.05) is 91.0 Å². The lowest BCUT2D eigenvalue weighted by Gasteiger charge is -2.21. The number of nitrogens with zero attached hydrogens (tertiary/aromatic N) is 3. The third-order valence-corrected chi connectivity index (χ3v) is 6.09. The van der Waals surface area contributed by atoms with Crippen LogP contribution in [0, 0.1) is 0 Å². The first kappa shape index (κ1) is 23.1. The van der Waals surface area contributed by atoms with Gasteiger partial charge in [-0.3, -0.25) is 4.79 Å². The van der Waals surface area contributed by atoms with Crippen molar-refractivity contribution in [1.82, 2.24) is 5.01 Å². The van der Waals surface area contributed by atoms with Crippen LogP contribution in [0.4, 0.5) is 5.69 Å². The molecule has 0 spiro atoms. The lowest BCUT2D eigenvalue weighted by Crippen LogP contribution is -2.25. The van der Waals surface area contributed by atoms with E-state index in [0.717, 1.165) is 33.6 Å². The van der Waals surface area contributed by atoms with Crippen molar-refractivity contribution in [2.45, 2.75) is 0 Å². The molecule has 36 heavy (non-hydrogen) atoms. The van der Waals surface area contributed by atoms with Crippen molar-refractivity contribution in [3.05, 3.63) is 150 Å². The molecule has 0 atom stereocenters. The van der Waals surface area contributed by atoms with Crippen LogP contribution in [0.2, 0.25) is 0 Å². The molecule has 1 heterocycles. The molecule has 1 aliphatic heterocycles. The van der Waals surface area contributed by atoms with Gasteiger partial charge in [-0.05, 0) is 47.6 Å². The molecule has 1 amide bonds. The topological polar surface area (TPSA) is 35.9 Å². The minimum absolute atomic E-state index is 0.184. The predicted octanol–water partition coefficient (Wildman–Crippen LogP) is 6.74. The molecule has 0 saturated heterocycles. The third-order valence-electron chi connectivity index (χ3n) is 6.09. The Kier molecular flexibility index (Phi) is 6.59. The van der Waals surface area contributed by atoms with E-state index in [1.54, 1.807) is 0 Å². The Morgan fingerprint density at radius 3 is 1.78 bits per heavy atom. The molecule has 0 saturated carbocycles. The zero-order valence-corrected chi connectivity index (χ0v) is 20.4. The standard InChI is InChI=1S/C32H27N3O/c1-34(2)29-20-18-24(19-21-29)28-22-30(25-12-6-3-7-13-25)33-35(32(36)27-16-10-5-11-17-27)31(23-28)26-14-8-4-9-15-26/h3-23H,1-2H3. The molecule has 0 unspecified atom stereocenters. The molecule has 176 valence electrons. The van der Waals surface area contributed by atoms with E-state index in [2.05, 4.69) is 41.3 Å². The van der Waals surface area contributed by atoms with Gasteiger partial charge in [0.25, 0.3) is 5.91 Å². The first-order valence-electron chi connectivity index (χ1n) is 11.9. The Balaban J connectivity index is 1.71. The van der Waals surface area contributed by atoms with Gasteiger partial charge in [0.1, 0.15) is 0 Å². The smallest absolute Gasteiger partial charge is 0.278 e. The number of hydrogen-bond donors (Lipinski definition) is 0. The molecule has 4 aromatic carbocycles. The van der Waals surface area contributed by atoms with Gasteiger partial charge in [0.15, 0.2) is 0 Å². The van der Waals surface area contributed by atoms with Crippen LogP contribution in [0.1, 0.15) is 27.0 Å². The Morgan fingerprint density at radius 1 is 0.639 bits per heavy atom. The van der Waals surface area contributed by atoms with Crippen molar-refractivity contribution >= 4 is 28.6 Å². The largest absolute Gasteiger partial charge is 0.378 e. The number of rotatable bonds is 5. The second-order valence-corrected chi connectivity index (χ2v) is 8.77. The molecular weight excluding hydrogens is 442 g/mol. The van der Waals surface area contributed by atoms with Gasteiger partial charge in [0, 0.05) is 36.5 Å². The molecule has 0 aromatic heterocycles. The highest BCUT2D eigenvalue weighted by atomic mass is 16.2. The number of hydrazone groups is 1. The van der Waals surface area contributed by atoms with Crippen LogP contribution in [-0.2, 0) is 0 Å². The SMILES string of the molecule is CN(C)c1ccc(C2=CC(c3ccccc3)=NN(C(=O)c3ccccc3)C(c3ccccc3)=C2)cc1. The molecular formula is C32H27N3O. The highest BCUT2D eigenvalue weighted by molar-refractivity contribution is 6.16. The van der Waals surface area contributed by atoms with E-state index in [9.17, 15) is 4.79 Å². The van der Waals surface area contributed by atoms with Crippen molar-refractivity contribution < 1.29 is 4.79 Å². The summed E-state index contributed by atoms with van der Waals surface area (Å²) < 4.78 is 0. The zero-order valence-electron chi connectivity index (χ0n) is 20.4. The van der Waals surface area contributed by atoms with Gasteiger partial charge >= 0.3 is 0 Å². The number of benzene rings is 4. The predicted molar refractivity (Wildman–Crippen MR) is 149 cm³/mol. The van der Waals surface area contributed by atoms with E-state index in [1.165, 1.54) is 5.01 Å². The number of allylic oxidation sites excluding steroid dienone is 3.